The molecule has 8 heteroatoms. The van der Waals surface area contributed by atoms with E-state index in [0.29, 0.717) is 19.3 Å². The summed E-state index contributed by atoms with van der Waals surface area (Å²) < 4.78 is 40.8. The Hall–Kier alpha value is -1.73. The number of carbonyl (C=O) groups excluding carboxylic acids is 1. The Balaban J connectivity index is 1.96. The van der Waals surface area contributed by atoms with Gasteiger partial charge in [0.1, 0.15) is 0 Å². The zero-order valence-corrected chi connectivity index (χ0v) is 13.6. The van der Waals surface area contributed by atoms with E-state index in [0.717, 1.165) is 11.3 Å². The molecule has 0 bridgehead atoms. The predicted molar refractivity (Wildman–Crippen MR) is 79.8 cm³/mol. The van der Waals surface area contributed by atoms with Gasteiger partial charge in [-0.1, -0.05) is 12.8 Å². The molecule has 0 saturated heterocycles. The zero-order valence-electron chi connectivity index (χ0n) is 13.6. The van der Waals surface area contributed by atoms with Gasteiger partial charge in [0.15, 0.2) is 0 Å². The van der Waals surface area contributed by atoms with Crippen molar-refractivity contribution in [3.8, 4) is 0 Å². The first kappa shape index (κ1) is 17.6. The minimum Gasteiger partial charge on any atom is -0.335 e. The Kier molecular flexibility index (Phi) is 5.21. The fourth-order valence-corrected chi connectivity index (χ4v) is 3.22. The van der Waals surface area contributed by atoms with Crippen LogP contribution in [0.4, 0.5) is 18.0 Å². The number of halogens is 3. The molecule has 1 aliphatic carbocycles. The molecule has 2 rings (SSSR count). The van der Waals surface area contributed by atoms with Crippen LogP contribution in [-0.2, 0) is 7.05 Å². The molecule has 0 radical (unpaired) electrons. The number of carbonyl (C=O) groups is 1. The second kappa shape index (κ2) is 6.80. The SMILES string of the molecule is Cc1nn(C)cc1[C@H](C)NC(=O)N[C@@H]1CCCC[C@@H]1C(F)(F)F. The first-order chi connectivity index (χ1) is 10.7. The standard InChI is InChI=1S/C15H23F3N4O/c1-9(11-8-22(3)21-10(11)2)19-14(23)20-13-7-5-4-6-12(13)15(16,17)18/h8-9,12-13H,4-7H2,1-3H3,(H2,19,20,23)/t9-,12-,13+/m0/s1. The molecule has 1 heterocycles. The van der Waals surface area contributed by atoms with E-state index in [1.165, 1.54) is 0 Å². The molecule has 1 aromatic heterocycles. The molecule has 1 aliphatic rings. The van der Waals surface area contributed by atoms with Gasteiger partial charge in [-0.3, -0.25) is 4.68 Å². The van der Waals surface area contributed by atoms with Crippen molar-refractivity contribution in [1.29, 1.82) is 0 Å². The summed E-state index contributed by atoms with van der Waals surface area (Å²) in [7, 11) is 1.78. The highest BCUT2D eigenvalue weighted by atomic mass is 19.4. The van der Waals surface area contributed by atoms with Gasteiger partial charge in [0.25, 0.3) is 0 Å². The zero-order chi connectivity index (χ0) is 17.2. The van der Waals surface area contributed by atoms with Crippen LogP contribution in [0.5, 0.6) is 0 Å². The maximum atomic E-state index is 13.0. The Morgan fingerprint density at radius 2 is 2.04 bits per heavy atom. The van der Waals surface area contributed by atoms with E-state index in [4.69, 9.17) is 0 Å². The van der Waals surface area contributed by atoms with E-state index in [1.54, 1.807) is 24.9 Å². The van der Waals surface area contributed by atoms with E-state index in [2.05, 4.69) is 15.7 Å². The number of aryl methyl sites for hydroxylation is 2. The van der Waals surface area contributed by atoms with Crippen LogP contribution in [0.15, 0.2) is 6.20 Å². The number of hydrogen-bond donors (Lipinski definition) is 2. The Morgan fingerprint density at radius 1 is 1.39 bits per heavy atom. The number of urea groups is 1. The third-order valence-corrected chi connectivity index (χ3v) is 4.37. The van der Waals surface area contributed by atoms with Crippen molar-refractivity contribution in [2.24, 2.45) is 13.0 Å². The molecule has 1 fully saturated rings. The van der Waals surface area contributed by atoms with E-state index in [9.17, 15) is 18.0 Å². The molecule has 2 amide bonds. The molecule has 0 aromatic carbocycles. The summed E-state index contributed by atoms with van der Waals surface area (Å²) >= 11 is 0. The average Bonchev–Trinajstić information content (AvgIpc) is 2.77. The molecule has 3 atom stereocenters. The monoisotopic (exact) mass is 332 g/mol. The van der Waals surface area contributed by atoms with Gasteiger partial charge in [0.2, 0.25) is 0 Å². The Bertz CT molecular complexity index is 555. The summed E-state index contributed by atoms with van der Waals surface area (Å²) in [5, 5.41) is 9.40. The maximum absolute atomic E-state index is 13.0. The van der Waals surface area contributed by atoms with E-state index >= 15 is 0 Å². The van der Waals surface area contributed by atoms with Crippen LogP contribution < -0.4 is 10.6 Å². The molecule has 2 N–H and O–H groups in total. The third kappa shape index (κ3) is 4.39. The van der Waals surface area contributed by atoms with Crippen LogP contribution in [0, 0.1) is 12.8 Å². The van der Waals surface area contributed by atoms with Crippen LogP contribution in [0.25, 0.3) is 0 Å². The van der Waals surface area contributed by atoms with Gasteiger partial charge in [-0.05, 0) is 26.7 Å². The van der Waals surface area contributed by atoms with Gasteiger partial charge in [-0.15, -0.1) is 0 Å². The summed E-state index contributed by atoms with van der Waals surface area (Å²) in [5.74, 6) is -1.46. The quantitative estimate of drug-likeness (QED) is 0.893. The summed E-state index contributed by atoms with van der Waals surface area (Å²) in [6.07, 6.45) is -0.795. The van der Waals surface area contributed by atoms with Crippen LogP contribution in [0.1, 0.15) is 49.9 Å². The lowest BCUT2D eigenvalue weighted by atomic mass is 9.84. The van der Waals surface area contributed by atoms with Crippen molar-refractivity contribution < 1.29 is 18.0 Å². The Labute approximate surface area is 133 Å². The minimum absolute atomic E-state index is 0.0751. The molecule has 1 aromatic rings. The molecule has 1 saturated carbocycles. The molecular weight excluding hydrogens is 309 g/mol. The molecule has 0 unspecified atom stereocenters. The van der Waals surface area contributed by atoms with E-state index in [-0.39, 0.29) is 12.5 Å². The number of amides is 2. The third-order valence-electron chi connectivity index (χ3n) is 4.37. The first-order valence-corrected chi connectivity index (χ1v) is 7.82. The highest BCUT2D eigenvalue weighted by molar-refractivity contribution is 5.74. The second-order valence-electron chi connectivity index (χ2n) is 6.22. The van der Waals surface area contributed by atoms with Crippen molar-refractivity contribution in [1.82, 2.24) is 20.4 Å². The largest absolute Gasteiger partial charge is 0.393 e. The highest BCUT2D eigenvalue weighted by Gasteiger charge is 2.46. The smallest absolute Gasteiger partial charge is 0.335 e. The van der Waals surface area contributed by atoms with Crippen molar-refractivity contribution in [3.63, 3.8) is 0 Å². The van der Waals surface area contributed by atoms with Crippen molar-refractivity contribution in [2.75, 3.05) is 0 Å². The van der Waals surface area contributed by atoms with E-state index in [1.807, 2.05) is 6.92 Å². The van der Waals surface area contributed by atoms with Crippen molar-refractivity contribution in [2.45, 2.75) is 57.8 Å². The van der Waals surface area contributed by atoms with Crippen molar-refractivity contribution >= 4 is 6.03 Å². The normalized spacial score (nSPS) is 23.4. The average molecular weight is 332 g/mol. The topological polar surface area (TPSA) is 59.0 Å². The van der Waals surface area contributed by atoms with Crippen LogP contribution >= 0.6 is 0 Å². The summed E-state index contributed by atoms with van der Waals surface area (Å²) in [6, 6.07) is -1.75. The number of nitrogens with zero attached hydrogens (tertiary/aromatic N) is 2. The van der Waals surface area contributed by atoms with E-state index < -0.39 is 24.2 Å². The van der Waals surface area contributed by atoms with Gasteiger partial charge in [0, 0.05) is 24.8 Å². The number of hydrogen-bond acceptors (Lipinski definition) is 2. The van der Waals surface area contributed by atoms with Crippen LogP contribution in [0.3, 0.4) is 0 Å². The van der Waals surface area contributed by atoms with Crippen LogP contribution in [0.2, 0.25) is 0 Å². The first-order valence-electron chi connectivity index (χ1n) is 7.82. The van der Waals surface area contributed by atoms with Gasteiger partial charge >= 0.3 is 12.2 Å². The molecule has 0 aliphatic heterocycles. The molecule has 0 spiro atoms. The lowest BCUT2D eigenvalue weighted by Crippen LogP contribution is -2.51. The number of aromatic nitrogens is 2. The van der Waals surface area contributed by atoms with Crippen LogP contribution in [-0.4, -0.2) is 28.0 Å². The minimum atomic E-state index is -4.27. The van der Waals surface area contributed by atoms with Gasteiger partial charge in [0.05, 0.1) is 17.7 Å². The number of nitrogens with one attached hydrogen (secondary N) is 2. The fourth-order valence-electron chi connectivity index (χ4n) is 3.22. The van der Waals surface area contributed by atoms with Crippen molar-refractivity contribution in [3.05, 3.63) is 17.5 Å². The highest BCUT2D eigenvalue weighted by Crippen LogP contribution is 2.37. The molecule has 130 valence electrons. The lowest BCUT2D eigenvalue weighted by Gasteiger charge is -2.33. The predicted octanol–water partition coefficient (Wildman–Crippen LogP) is 3.21. The molecule has 23 heavy (non-hydrogen) atoms. The second-order valence-corrected chi connectivity index (χ2v) is 6.22. The summed E-state index contributed by atoms with van der Waals surface area (Å²) in [6.45, 7) is 3.61. The fraction of sp³-hybridized carbons (Fsp3) is 0.733. The summed E-state index contributed by atoms with van der Waals surface area (Å²) in [5.41, 5.74) is 1.63. The van der Waals surface area contributed by atoms with Gasteiger partial charge < -0.3 is 10.6 Å². The van der Waals surface area contributed by atoms with Gasteiger partial charge in [-0.25, -0.2) is 4.79 Å². The Morgan fingerprint density at radius 3 is 2.61 bits per heavy atom. The number of rotatable bonds is 3. The van der Waals surface area contributed by atoms with Gasteiger partial charge in [-0.2, -0.15) is 18.3 Å². The number of alkyl halides is 3. The lowest BCUT2D eigenvalue weighted by molar-refractivity contribution is -0.187. The summed E-state index contributed by atoms with van der Waals surface area (Å²) in [4.78, 5) is 12.1. The maximum Gasteiger partial charge on any atom is 0.393 e. The molecular formula is C15H23F3N4O. The molecule has 5 nitrogen and oxygen atoms in total.